The minimum atomic E-state index is -0.654. The molecule has 94 valence electrons. The Morgan fingerprint density at radius 3 is 2.00 bits per heavy atom. The van der Waals surface area contributed by atoms with Crippen LogP contribution in [0.2, 0.25) is 0 Å². The van der Waals surface area contributed by atoms with E-state index in [1.165, 1.54) is 42.4 Å². The molecule has 1 N–H and O–H groups in total. The summed E-state index contributed by atoms with van der Waals surface area (Å²) >= 11 is 0. The van der Waals surface area contributed by atoms with Crippen LogP contribution < -0.4 is 0 Å². The normalized spacial score (nSPS) is 20.5. The molecule has 1 nitrogen and oxygen atoms in total. The van der Waals surface area contributed by atoms with Crippen molar-refractivity contribution in [3.05, 3.63) is 34.4 Å². The van der Waals surface area contributed by atoms with Crippen LogP contribution in [0.4, 0.5) is 0 Å². The summed E-state index contributed by atoms with van der Waals surface area (Å²) in [4.78, 5) is 0. The first-order chi connectivity index (χ1) is 7.93. The molecule has 0 amide bonds. The first kappa shape index (κ1) is 12.6. The predicted molar refractivity (Wildman–Crippen MR) is 72.2 cm³/mol. The van der Waals surface area contributed by atoms with Crippen LogP contribution in [-0.4, -0.2) is 5.11 Å². The van der Waals surface area contributed by atoms with Crippen LogP contribution in [-0.2, 0) is 5.60 Å². The van der Waals surface area contributed by atoms with Gasteiger partial charge in [-0.15, -0.1) is 0 Å². The van der Waals surface area contributed by atoms with Gasteiger partial charge < -0.3 is 5.11 Å². The molecule has 17 heavy (non-hydrogen) atoms. The molecular weight excluding hydrogens is 208 g/mol. The molecule has 1 aliphatic carbocycles. The van der Waals surface area contributed by atoms with Crippen molar-refractivity contribution in [3.63, 3.8) is 0 Å². The fourth-order valence-electron chi connectivity index (χ4n) is 3.67. The van der Waals surface area contributed by atoms with E-state index >= 15 is 0 Å². The smallest absolute Gasteiger partial charge is 0.0901 e. The zero-order valence-corrected chi connectivity index (χ0v) is 11.5. The van der Waals surface area contributed by atoms with Gasteiger partial charge in [0.05, 0.1) is 5.60 Å². The van der Waals surface area contributed by atoms with Gasteiger partial charge >= 0.3 is 0 Å². The van der Waals surface area contributed by atoms with Crippen LogP contribution in [0.15, 0.2) is 12.1 Å². The van der Waals surface area contributed by atoms with E-state index in [2.05, 4.69) is 32.9 Å². The highest BCUT2D eigenvalue weighted by Gasteiger charge is 2.37. The monoisotopic (exact) mass is 232 g/mol. The highest BCUT2D eigenvalue weighted by Crippen LogP contribution is 2.42. The summed E-state index contributed by atoms with van der Waals surface area (Å²) in [6.07, 6.45) is 4.87. The molecule has 1 heteroatoms. The zero-order valence-electron chi connectivity index (χ0n) is 11.5. The van der Waals surface area contributed by atoms with Crippen molar-refractivity contribution in [2.24, 2.45) is 5.92 Å². The van der Waals surface area contributed by atoms with E-state index in [1.54, 1.807) is 0 Å². The zero-order chi connectivity index (χ0) is 12.6. The minimum absolute atomic E-state index is 0.433. The summed E-state index contributed by atoms with van der Waals surface area (Å²) in [7, 11) is 0. The van der Waals surface area contributed by atoms with Crippen molar-refractivity contribution >= 4 is 0 Å². The van der Waals surface area contributed by atoms with E-state index in [1.807, 2.05) is 6.92 Å². The largest absolute Gasteiger partial charge is 0.385 e. The molecule has 0 saturated heterocycles. The van der Waals surface area contributed by atoms with Gasteiger partial charge in [-0.25, -0.2) is 0 Å². The Labute approximate surface area is 105 Å². The molecule has 1 atom stereocenters. The Balaban J connectivity index is 2.44. The van der Waals surface area contributed by atoms with Crippen LogP contribution in [0.1, 0.15) is 54.9 Å². The highest BCUT2D eigenvalue weighted by molar-refractivity contribution is 5.41. The van der Waals surface area contributed by atoms with Gasteiger partial charge in [0.15, 0.2) is 0 Å². The van der Waals surface area contributed by atoms with E-state index in [4.69, 9.17) is 0 Å². The molecule has 0 spiro atoms. The second kappa shape index (κ2) is 4.45. The first-order valence-corrected chi connectivity index (χ1v) is 6.73. The van der Waals surface area contributed by atoms with Crippen LogP contribution in [0.3, 0.4) is 0 Å². The lowest BCUT2D eigenvalue weighted by Gasteiger charge is -2.33. The van der Waals surface area contributed by atoms with Crippen LogP contribution in [0.25, 0.3) is 0 Å². The lowest BCUT2D eigenvalue weighted by atomic mass is 9.77. The van der Waals surface area contributed by atoms with Crippen LogP contribution in [0, 0.1) is 26.7 Å². The van der Waals surface area contributed by atoms with Gasteiger partial charge in [0.2, 0.25) is 0 Å². The number of benzene rings is 1. The number of hydrogen-bond donors (Lipinski definition) is 1. The molecule has 0 aromatic heterocycles. The predicted octanol–water partition coefficient (Wildman–Crippen LogP) is 4.01. The van der Waals surface area contributed by atoms with Gasteiger partial charge in [0.1, 0.15) is 0 Å². The molecule has 2 rings (SSSR count). The summed E-state index contributed by atoms with van der Waals surface area (Å²) in [5, 5.41) is 10.9. The summed E-state index contributed by atoms with van der Waals surface area (Å²) in [5.41, 5.74) is 4.26. The molecule has 1 fully saturated rings. The maximum Gasteiger partial charge on any atom is 0.0901 e. The Kier molecular flexibility index (Phi) is 3.31. The molecule has 1 aliphatic rings. The second-order valence-corrected chi connectivity index (χ2v) is 5.90. The van der Waals surface area contributed by atoms with Gasteiger partial charge in [-0.2, -0.15) is 0 Å². The van der Waals surface area contributed by atoms with E-state index in [-0.39, 0.29) is 0 Å². The third-order valence-electron chi connectivity index (χ3n) is 4.33. The summed E-state index contributed by atoms with van der Waals surface area (Å²) in [6.45, 7) is 8.37. The van der Waals surface area contributed by atoms with Crippen molar-refractivity contribution < 1.29 is 5.11 Å². The van der Waals surface area contributed by atoms with Crippen LogP contribution >= 0.6 is 0 Å². The highest BCUT2D eigenvalue weighted by atomic mass is 16.3. The quantitative estimate of drug-likeness (QED) is 0.817. The molecule has 0 heterocycles. The van der Waals surface area contributed by atoms with Crippen LogP contribution in [0.5, 0.6) is 0 Å². The minimum Gasteiger partial charge on any atom is -0.385 e. The first-order valence-electron chi connectivity index (χ1n) is 6.73. The van der Waals surface area contributed by atoms with Crippen molar-refractivity contribution in [3.8, 4) is 0 Å². The lowest BCUT2D eigenvalue weighted by Crippen LogP contribution is -2.32. The lowest BCUT2D eigenvalue weighted by molar-refractivity contribution is -0.00443. The van der Waals surface area contributed by atoms with E-state index in [9.17, 15) is 5.11 Å². The Morgan fingerprint density at radius 2 is 1.53 bits per heavy atom. The number of rotatable bonds is 2. The van der Waals surface area contributed by atoms with Crippen molar-refractivity contribution in [1.29, 1.82) is 0 Å². The summed E-state index contributed by atoms with van der Waals surface area (Å²) in [6, 6.07) is 4.37. The Bertz CT molecular complexity index is 389. The van der Waals surface area contributed by atoms with E-state index in [0.717, 1.165) is 5.56 Å². The van der Waals surface area contributed by atoms with Gasteiger partial charge in [-0.3, -0.25) is 0 Å². The fraction of sp³-hybridized carbons (Fsp3) is 0.625. The molecule has 0 radical (unpaired) electrons. The number of hydrogen-bond acceptors (Lipinski definition) is 1. The average molecular weight is 232 g/mol. The average Bonchev–Trinajstić information content (AvgIpc) is 2.67. The summed E-state index contributed by atoms with van der Waals surface area (Å²) in [5.74, 6) is 0.433. The molecule has 1 aromatic carbocycles. The topological polar surface area (TPSA) is 20.2 Å². The molecule has 0 unspecified atom stereocenters. The second-order valence-electron chi connectivity index (χ2n) is 5.90. The summed E-state index contributed by atoms with van der Waals surface area (Å²) < 4.78 is 0. The maximum atomic E-state index is 10.9. The van der Waals surface area contributed by atoms with Crippen molar-refractivity contribution in [1.82, 2.24) is 0 Å². The van der Waals surface area contributed by atoms with Gasteiger partial charge in [0, 0.05) is 0 Å². The van der Waals surface area contributed by atoms with Gasteiger partial charge in [0.25, 0.3) is 0 Å². The fourth-order valence-corrected chi connectivity index (χ4v) is 3.67. The number of aryl methyl sites for hydroxylation is 3. The SMILES string of the molecule is Cc1cc(C)c([C@@](C)(O)C2CCCC2)c(C)c1. The standard InChI is InChI=1S/C16H24O/c1-11-9-12(2)15(13(3)10-11)16(4,17)14-7-5-6-8-14/h9-10,14,17H,5-8H2,1-4H3/t16-/m0/s1. The Hall–Kier alpha value is -0.820. The molecule has 1 saturated carbocycles. The molecule has 1 aromatic rings. The molecular formula is C16H24O. The Morgan fingerprint density at radius 1 is 1.06 bits per heavy atom. The maximum absolute atomic E-state index is 10.9. The van der Waals surface area contributed by atoms with Crippen molar-refractivity contribution in [2.75, 3.05) is 0 Å². The van der Waals surface area contributed by atoms with E-state index < -0.39 is 5.60 Å². The van der Waals surface area contributed by atoms with E-state index in [0.29, 0.717) is 5.92 Å². The molecule has 0 bridgehead atoms. The van der Waals surface area contributed by atoms with Gasteiger partial charge in [-0.05, 0) is 63.1 Å². The number of aliphatic hydroxyl groups is 1. The third-order valence-corrected chi connectivity index (χ3v) is 4.33. The third kappa shape index (κ3) is 2.26. The van der Waals surface area contributed by atoms with Gasteiger partial charge in [-0.1, -0.05) is 30.5 Å². The molecule has 0 aliphatic heterocycles. The van der Waals surface area contributed by atoms with Crippen molar-refractivity contribution in [2.45, 2.75) is 59.0 Å².